The van der Waals surface area contributed by atoms with Crippen LogP contribution in [0.4, 0.5) is 0 Å². The summed E-state index contributed by atoms with van der Waals surface area (Å²) in [5.74, 6) is 0. The number of aryl methyl sites for hydroxylation is 1. The van der Waals surface area contributed by atoms with Crippen LogP contribution >= 0.6 is 0 Å². The van der Waals surface area contributed by atoms with E-state index in [9.17, 15) is 0 Å². The minimum Gasteiger partial charge on any atom is -0.417 e. The van der Waals surface area contributed by atoms with Crippen LogP contribution in [-0.4, -0.2) is 26.6 Å². The van der Waals surface area contributed by atoms with Crippen molar-refractivity contribution in [2.75, 3.05) is 13.2 Å². The van der Waals surface area contributed by atoms with Crippen LogP contribution < -0.4 is 0 Å². The molecule has 0 radical (unpaired) electrons. The normalized spacial score (nSPS) is 12.7. The zero-order valence-electron chi connectivity index (χ0n) is 14.4. The Kier molecular flexibility index (Phi) is 7.11. The molecule has 1 rings (SSSR count). The summed E-state index contributed by atoms with van der Waals surface area (Å²) in [5.41, 5.74) is 2.60. The maximum atomic E-state index is 8.99. The Morgan fingerprint density at radius 3 is 2.24 bits per heavy atom. The van der Waals surface area contributed by atoms with Gasteiger partial charge in [-0.3, -0.25) is 0 Å². The van der Waals surface area contributed by atoms with Gasteiger partial charge >= 0.3 is 0 Å². The smallest absolute Gasteiger partial charge is 0.191 e. The Labute approximate surface area is 131 Å². The summed E-state index contributed by atoms with van der Waals surface area (Å²) in [6.07, 6.45) is 4.14. The van der Waals surface area contributed by atoms with Crippen molar-refractivity contribution in [2.45, 2.75) is 64.6 Å². The van der Waals surface area contributed by atoms with Crippen molar-refractivity contribution in [3.63, 3.8) is 0 Å². The summed E-state index contributed by atoms with van der Waals surface area (Å²) in [5, 5.41) is 9.28. The molecular weight excluding hydrogens is 276 g/mol. The van der Waals surface area contributed by atoms with Gasteiger partial charge in [-0.1, -0.05) is 45.0 Å². The van der Waals surface area contributed by atoms with Crippen LogP contribution in [0.1, 0.15) is 44.7 Å². The maximum absolute atomic E-state index is 8.99. The van der Waals surface area contributed by atoms with Gasteiger partial charge in [-0.2, -0.15) is 0 Å². The minimum atomic E-state index is -1.58. The van der Waals surface area contributed by atoms with E-state index in [4.69, 9.17) is 9.53 Å². The topological polar surface area (TPSA) is 29.5 Å². The SMILES string of the molecule is CC(C)(C)[Si](C)(C)OCCCCc1cccc(CCO)c1. The fourth-order valence-corrected chi connectivity index (χ4v) is 3.13. The molecule has 0 aliphatic carbocycles. The van der Waals surface area contributed by atoms with Gasteiger partial charge in [-0.05, 0) is 54.9 Å². The molecule has 0 atom stereocenters. The van der Waals surface area contributed by atoms with Gasteiger partial charge in [0, 0.05) is 13.2 Å². The van der Waals surface area contributed by atoms with Gasteiger partial charge in [-0.25, -0.2) is 0 Å². The summed E-state index contributed by atoms with van der Waals surface area (Å²) in [6.45, 7) is 12.6. The number of unbranched alkanes of at least 4 members (excludes halogenated alkanes) is 1. The Bertz CT molecular complexity index is 421. The van der Waals surface area contributed by atoms with E-state index < -0.39 is 8.32 Å². The predicted molar refractivity (Wildman–Crippen MR) is 93.3 cm³/mol. The Morgan fingerprint density at radius 2 is 1.67 bits per heavy atom. The lowest BCUT2D eigenvalue weighted by atomic mass is 10.0. The summed E-state index contributed by atoms with van der Waals surface area (Å²) >= 11 is 0. The zero-order valence-corrected chi connectivity index (χ0v) is 15.4. The van der Waals surface area contributed by atoms with Gasteiger partial charge in [-0.15, -0.1) is 0 Å². The third-order valence-electron chi connectivity index (χ3n) is 4.52. The Balaban J connectivity index is 2.30. The second kappa shape index (κ2) is 8.11. The van der Waals surface area contributed by atoms with E-state index in [1.807, 2.05) is 0 Å². The molecular formula is C18H32O2Si. The fraction of sp³-hybridized carbons (Fsp3) is 0.667. The van der Waals surface area contributed by atoms with Crippen LogP contribution in [-0.2, 0) is 17.3 Å². The van der Waals surface area contributed by atoms with Crippen molar-refractivity contribution < 1.29 is 9.53 Å². The van der Waals surface area contributed by atoms with Crippen LogP contribution in [0.25, 0.3) is 0 Å². The largest absolute Gasteiger partial charge is 0.417 e. The first-order chi connectivity index (χ1) is 9.76. The first-order valence-electron chi connectivity index (χ1n) is 8.09. The van der Waals surface area contributed by atoms with Crippen molar-refractivity contribution in [3.8, 4) is 0 Å². The Morgan fingerprint density at radius 1 is 1.05 bits per heavy atom. The third-order valence-corrected chi connectivity index (χ3v) is 9.06. The average molecular weight is 309 g/mol. The van der Waals surface area contributed by atoms with Gasteiger partial charge in [0.1, 0.15) is 0 Å². The van der Waals surface area contributed by atoms with Crippen molar-refractivity contribution in [3.05, 3.63) is 35.4 Å². The second-order valence-corrected chi connectivity index (χ2v) is 12.2. The van der Waals surface area contributed by atoms with Gasteiger partial charge in [0.15, 0.2) is 8.32 Å². The van der Waals surface area contributed by atoms with Crippen LogP contribution in [0.5, 0.6) is 0 Å². The molecule has 0 saturated heterocycles. The molecule has 0 heterocycles. The molecule has 21 heavy (non-hydrogen) atoms. The molecule has 0 saturated carbocycles. The lowest BCUT2D eigenvalue weighted by molar-refractivity contribution is 0.279. The van der Waals surface area contributed by atoms with Crippen molar-refractivity contribution >= 4 is 8.32 Å². The standard InChI is InChI=1S/C18H32O2Si/c1-18(2,3)21(4,5)20-14-7-6-9-16-10-8-11-17(15-16)12-13-19/h8,10-11,15,19H,6-7,9,12-14H2,1-5H3. The number of hydrogen-bond donors (Lipinski definition) is 1. The first kappa shape index (κ1) is 18.4. The number of hydrogen-bond acceptors (Lipinski definition) is 2. The molecule has 2 nitrogen and oxygen atoms in total. The molecule has 1 aromatic carbocycles. The number of rotatable bonds is 8. The maximum Gasteiger partial charge on any atom is 0.191 e. The highest BCUT2D eigenvalue weighted by Gasteiger charge is 2.36. The van der Waals surface area contributed by atoms with Gasteiger partial charge < -0.3 is 9.53 Å². The lowest BCUT2D eigenvalue weighted by Gasteiger charge is -2.36. The fourth-order valence-electron chi connectivity index (χ4n) is 2.04. The third kappa shape index (κ3) is 6.33. The Hall–Kier alpha value is -0.643. The summed E-state index contributed by atoms with van der Waals surface area (Å²) < 4.78 is 6.20. The molecule has 0 bridgehead atoms. The van der Waals surface area contributed by atoms with Crippen molar-refractivity contribution in [1.82, 2.24) is 0 Å². The van der Waals surface area contributed by atoms with Gasteiger partial charge in [0.25, 0.3) is 0 Å². The van der Waals surface area contributed by atoms with Crippen LogP contribution in [0.15, 0.2) is 24.3 Å². The van der Waals surface area contributed by atoms with Crippen LogP contribution in [0.2, 0.25) is 18.1 Å². The molecule has 1 N–H and O–H groups in total. The van der Waals surface area contributed by atoms with Crippen LogP contribution in [0.3, 0.4) is 0 Å². The van der Waals surface area contributed by atoms with E-state index in [1.54, 1.807) is 0 Å². The molecule has 0 aliphatic rings. The highest BCUT2D eigenvalue weighted by atomic mass is 28.4. The molecule has 1 aromatic rings. The predicted octanol–water partition coefficient (Wildman–Crippen LogP) is 4.57. The minimum absolute atomic E-state index is 0.226. The van der Waals surface area contributed by atoms with Gasteiger partial charge in [0.05, 0.1) is 0 Å². The summed E-state index contributed by atoms with van der Waals surface area (Å²) in [6, 6.07) is 8.56. The summed E-state index contributed by atoms with van der Waals surface area (Å²) in [7, 11) is -1.58. The number of aliphatic hydroxyl groups is 1. The van der Waals surface area contributed by atoms with Crippen molar-refractivity contribution in [2.24, 2.45) is 0 Å². The number of benzene rings is 1. The zero-order chi connectivity index (χ0) is 15.9. The molecule has 0 unspecified atom stereocenters. The van der Waals surface area contributed by atoms with E-state index >= 15 is 0 Å². The summed E-state index contributed by atoms with van der Waals surface area (Å²) in [4.78, 5) is 0. The average Bonchev–Trinajstić information content (AvgIpc) is 2.38. The highest BCUT2D eigenvalue weighted by molar-refractivity contribution is 6.74. The molecule has 0 aliphatic heterocycles. The quantitative estimate of drug-likeness (QED) is 0.563. The lowest BCUT2D eigenvalue weighted by Crippen LogP contribution is -2.40. The molecule has 0 aromatic heterocycles. The van der Waals surface area contributed by atoms with Crippen LogP contribution in [0, 0.1) is 0 Å². The molecule has 0 amide bonds. The van der Waals surface area contributed by atoms with E-state index in [0.717, 1.165) is 32.3 Å². The van der Waals surface area contributed by atoms with E-state index in [0.29, 0.717) is 5.04 Å². The highest BCUT2D eigenvalue weighted by Crippen LogP contribution is 2.36. The van der Waals surface area contributed by atoms with E-state index in [1.165, 1.54) is 11.1 Å². The number of aliphatic hydroxyl groups excluding tert-OH is 1. The first-order valence-corrected chi connectivity index (χ1v) is 11.0. The van der Waals surface area contributed by atoms with E-state index in [2.05, 4.69) is 58.1 Å². The second-order valence-electron chi connectivity index (χ2n) is 7.36. The van der Waals surface area contributed by atoms with E-state index in [-0.39, 0.29) is 6.61 Å². The van der Waals surface area contributed by atoms with Gasteiger partial charge in [0.2, 0.25) is 0 Å². The molecule has 0 fully saturated rings. The monoisotopic (exact) mass is 308 g/mol. The van der Waals surface area contributed by atoms with Crippen molar-refractivity contribution in [1.29, 1.82) is 0 Å². The molecule has 0 spiro atoms. The molecule has 3 heteroatoms. The molecule has 120 valence electrons.